The Hall–Kier alpha value is -3.47. The lowest BCUT2D eigenvalue weighted by Crippen LogP contribution is -2.44. The van der Waals surface area contributed by atoms with E-state index in [4.69, 9.17) is 23.8 Å². The minimum atomic E-state index is -3.58. The van der Waals surface area contributed by atoms with E-state index in [0.717, 1.165) is 18.3 Å². The first kappa shape index (κ1) is 32.4. The van der Waals surface area contributed by atoms with Gasteiger partial charge in [0.25, 0.3) is 0 Å². The van der Waals surface area contributed by atoms with E-state index in [2.05, 4.69) is 26.3 Å². The molecule has 0 spiro atoms. The van der Waals surface area contributed by atoms with Gasteiger partial charge in [-0.2, -0.15) is 0 Å². The Labute approximate surface area is 253 Å². The molecule has 4 rings (SSSR count). The number of benzene rings is 2. The first-order valence-corrected chi connectivity index (χ1v) is 15.6. The van der Waals surface area contributed by atoms with Crippen LogP contribution in [0.2, 0.25) is 5.02 Å². The maximum Gasteiger partial charge on any atom is 0.242 e. The highest BCUT2D eigenvalue weighted by Gasteiger charge is 2.30. The molecular formula is C30H31ClF3N5O3S. The van der Waals surface area contributed by atoms with Crippen molar-refractivity contribution in [3.8, 4) is 12.3 Å². The van der Waals surface area contributed by atoms with Crippen molar-refractivity contribution in [3.63, 3.8) is 0 Å². The molecule has 2 heterocycles. The lowest BCUT2D eigenvalue weighted by atomic mass is 9.85. The lowest BCUT2D eigenvalue weighted by molar-refractivity contribution is -0.117. The Bertz CT molecular complexity index is 1620. The second-order valence-corrected chi connectivity index (χ2v) is 12.6. The summed E-state index contributed by atoms with van der Waals surface area (Å²) in [6.45, 7) is 0.232. The van der Waals surface area contributed by atoms with Gasteiger partial charge in [0.1, 0.15) is 17.5 Å². The maximum absolute atomic E-state index is 15.1. The highest BCUT2D eigenvalue weighted by molar-refractivity contribution is 7.89. The number of hydrogen-bond acceptors (Lipinski definition) is 6. The van der Waals surface area contributed by atoms with Crippen molar-refractivity contribution in [1.29, 1.82) is 0 Å². The van der Waals surface area contributed by atoms with Gasteiger partial charge in [-0.05, 0) is 67.1 Å². The summed E-state index contributed by atoms with van der Waals surface area (Å²) < 4.78 is 71.2. The van der Waals surface area contributed by atoms with E-state index in [1.165, 1.54) is 36.5 Å². The van der Waals surface area contributed by atoms with E-state index >= 15 is 4.39 Å². The van der Waals surface area contributed by atoms with Crippen molar-refractivity contribution in [3.05, 3.63) is 94.0 Å². The molecule has 0 aliphatic carbocycles. The number of nitrogens with zero attached hydrogens (tertiary/aromatic N) is 1. The third-order valence-corrected chi connectivity index (χ3v) is 9.06. The van der Waals surface area contributed by atoms with Gasteiger partial charge in [-0.25, -0.2) is 26.3 Å². The number of nitrogens with two attached hydrogens (primary N) is 1. The zero-order chi connectivity index (χ0) is 31.1. The molecule has 8 nitrogen and oxygen atoms in total. The molecule has 228 valence electrons. The Kier molecular flexibility index (Phi) is 10.8. The van der Waals surface area contributed by atoms with Crippen molar-refractivity contribution in [2.75, 3.05) is 17.6 Å². The highest BCUT2D eigenvalue weighted by atomic mass is 35.5. The molecule has 1 aromatic heterocycles. The molecule has 1 aliphatic rings. The van der Waals surface area contributed by atoms with Crippen LogP contribution in [0, 0.1) is 29.8 Å². The van der Waals surface area contributed by atoms with Gasteiger partial charge in [0.15, 0.2) is 0 Å². The first-order chi connectivity index (χ1) is 20.5. The topological polar surface area (TPSA) is 126 Å². The fourth-order valence-corrected chi connectivity index (χ4v) is 6.54. The molecule has 1 fully saturated rings. The SMILES string of the molecule is C#CC1CCCS(=O)(=O)NC(CCc2c(F)cccc2NC(=O)[C@@H](N)[C@H](c2cncc(F)c2)c2ccc(Cl)c(F)c2)CN1. The van der Waals surface area contributed by atoms with Crippen LogP contribution in [0.1, 0.15) is 41.9 Å². The fraction of sp³-hybridized carbons (Fsp3) is 0.333. The second-order valence-electron chi connectivity index (χ2n) is 10.3. The van der Waals surface area contributed by atoms with E-state index in [1.807, 2.05) is 0 Å². The number of carbonyl (C=O) groups is 1. The van der Waals surface area contributed by atoms with Gasteiger partial charge in [0, 0.05) is 36.0 Å². The number of sulfonamides is 1. The Morgan fingerprint density at radius 2 is 1.95 bits per heavy atom. The Morgan fingerprint density at radius 1 is 1.16 bits per heavy atom. The van der Waals surface area contributed by atoms with E-state index in [0.29, 0.717) is 12.8 Å². The van der Waals surface area contributed by atoms with Crippen LogP contribution >= 0.6 is 11.6 Å². The summed E-state index contributed by atoms with van der Waals surface area (Å²) in [4.78, 5) is 17.3. The zero-order valence-electron chi connectivity index (χ0n) is 23.0. The van der Waals surface area contributed by atoms with Crippen LogP contribution in [0.5, 0.6) is 0 Å². The fourth-order valence-electron chi connectivity index (χ4n) is 5.05. The zero-order valence-corrected chi connectivity index (χ0v) is 24.6. The molecule has 3 aromatic rings. The van der Waals surface area contributed by atoms with Gasteiger partial charge in [-0.1, -0.05) is 29.7 Å². The van der Waals surface area contributed by atoms with E-state index < -0.39 is 51.4 Å². The second kappa shape index (κ2) is 14.3. The molecule has 0 radical (unpaired) electrons. The van der Waals surface area contributed by atoms with Gasteiger partial charge in [-0.15, -0.1) is 6.42 Å². The van der Waals surface area contributed by atoms with Gasteiger partial charge < -0.3 is 16.4 Å². The largest absolute Gasteiger partial charge is 0.324 e. The third kappa shape index (κ3) is 8.55. The summed E-state index contributed by atoms with van der Waals surface area (Å²) in [5, 5.41) is 5.66. The number of terminal acetylenes is 1. The highest BCUT2D eigenvalue weighted by Crippen LogP contribution is 2.31. The van der Waals surface area contributed by atoms with Crippen LogP contribution < -0.4 is 21.1 Å². The van der Waals surface area contributed by atoms with Gasteiger partial charge in [0.05, 0.1) is 29.1 Å². The van der Waals surface area contributed by atoms with Crippen LogP contribution in [0.3, 0.4) is 0 Å². The van der Waals surface area contributed by atoms with Crippen molar-refractivity contribution in [2.45, 2.75) is 49.7 Å². The average molecular weight is 634 g/mol. The number of anilines is 1. The molecule has 2 unspecified atom stereocenters. The molecule has 0 saturated carbocycles. The quantitative estimate of drug-likeness (QED) is 0.279. The minimum Gasteiger partial charge on any atom is -0.324 e. The molecule has 13 heteroatoms. The van der Waals surface area contributed by atoms with Crippen molar-refractivity contribution in [1.82, 2.24) is 15.0 Å². The molecule has 0 bridgehead atoms. The Balaban J connectivity index is 1.57. The molecule has 2 aromatic carbocycles. The van der Waals surface area contributed by atoms with Gasteiger partial charge in [0.2, 0.25) is 15.9 Å². The number of halogens is 4. The smallest absolute Gasteiger partial charge is 0.242 e. The predicted octanol–water partition coefficient (Wildman–Crippen LogP) is 3.86. The van der Waals surface area contributed by atoms with E-state index in [1.54, 1.807) is 0 Å². The van der Waals surface area contributed by atoms with Crippen LogP contribution in [-0.4, -0.2) is 49.7 Å². The molecule has 1 aliphatic heterocycles. The first-order valence-electron chi connectivity index (χ1n) is 13.6. The number of carbonyl (C=O) groups excluding carboxylic acids is 1. The van der Waals surface area contributed by atoms with Crippen LogP contribution in [-0.2, 0) is 21.2 Å². The van der Waals surface area contributed by atoms with Gasteiger partial charge >= 0.3 is 0 Å². The number of rotatable bonds is 8. The third-order valence-electron chi connectivity index (χ3n) is 7.23. The summed E-state index contributed by atoms with van der Waals surface area (Å²) in [6.07, 6.45) is 9.00. The molecular weight excluding hydrogens is 603 g/mol. The van der Waals surface area contributed by atoms with Gasteiger partial charge in [-0.3, -0.25) is 9.78 Å². The number of hydrogen-bond donors (Lipinski definition) is 4. The number of aromatic nitrogens is 1. The molecule has 5 N–H and O–H groups in total. The maximum atomic E-state index is 15.1. The summed E-state index contributed by atoms with van der Waals surface area (Å²) in [5.74, 6) is -1.30. The van der Waals surface area contributed by atoms with E-state index in [-0.39, 0.29) is 58.6 Å². The molecule has 1 amide bonds. The number of pyridine rings is 1. The molecule has 1 saturated heterocycles. The Morgan fingerprint density at radius 3 is 2.67 bits per heavy atom. The number of nitrogens with one attached hydrogen (secondary N) is 3. The summed E-state index contributed by atoms with van der Waals surface area (Å²) in [6, 6.07) is 6.87. The monoisotopic (exact) mass is 633 g/mol. The standard InChI is InChI=1S/C30H31ClF3N5O3S/c1-2-21-5-4-12-43(41,42)39-22(17-37-21)9-10-23-25(33)6-3-7-27(23)38-30(40)29(35)28(19-13-20(32)16-36-15-19)18-8-11-24(31)26(34)14-18/h1,3,6-8,11,13-16,21-22,28-29,37,39H,4-5,9-10,12,17,35H2,(H,38,40)/t21?,22?,28-,29-/m0/s1. The van der Waals surface area contributed by atoms with Crippen LogP contribution in [0.25, 0.3) is 0 Å². The van der Waals surface area contributed by atoms with Crippen molar-refractivity contribution in [2.24, 2.45) is 5.73 Å². The van der Waals surface area contributed by atoms with Crippen LogP contribution in [0.4, 0.5) is 18.9 Å². The van der Waals surface area contributed by atoms with Crippen molar-refractivity contribution < 1.29 is 26.4 Å². The summed E-state index contributed by atoms with van der Waals surface area (Å²) in [7, 11) is -3.58. The summed E-state index contributed by atoms with van der Waals surface area (Å²) in [5.41, 5.74) is 7.11. The average Bonchev–Trinajstić information content (AvgIpc) is 3.02. The molecule has 4 atom stereocenters. The van der Waals surface area contributed by atoms with E-state index in [9.17, 15) is 22.0 Å². The minimum absolute atomic E-state index is 0.0623. The molecule has 43 heavy (non-hydrogen) atoms. The lowest BCUT2D eigenvalue weighted by Gasteiger charge is -2.25. The van der Waals surface area contributed by atoms with Crippen molar-refractivity contribution >= 4 is 33.2 Å². The number of amides is 1. The summed E-state index contributed by atoms with van der Waals surface area (Å²) >= 11 is 5.84. The van der Waals surface area contributed by atoms with Crippen LogP contribution in [0.15, 0.2) is 54.9 Å². The normalized spacial score (nSPS) is 20.1. The predicted molar refractivity (Wildman–Crippen MR) is 159 cm³/mol.